The highest BCUT2D eigenvalue weighted by molar-refractivity contribution is 6.32. The first kappa shape index (κ1) is 13.2. The highest BCUT2D eigenvalue weighted by atomic mass is 35.5. The number of halogens is 3. The summed E-state index contributed by atoms with van der Waals surface area (Å²) in [6.07, 6.45) is 0. The van der Waals surface area contributed by atoms with E-state index in [1.165, 1.54) is 18.2 Å². The molecule has 2 aromatic carbocycles. The number of alkyl halides is 1. The largest absolute Gasteiger partial charge is 0.455 e. The van der Waals surface area contributed by atoms with Crippen LogP contribution < -0.4 is 4.74 Å². The van der Waals surface area contributed by atoms with E-state index in [1.54, 1.807) is 0 Å². The van der Waals surface area contributed by atoms with Gasteiger partial charge >= 0.3 is 0 Å². The summed E-state index contributed by atoms with van der Waals surface area (Å²) in [5, 5.41) is 0.232. The maximum Gasteiger partial charge on any atom is 0.146 e. The third-order valence-corrected chi connectivity index (χ3v) is 3.06. The van der Waals surface area contributed by atoms with Crippen molar-refractivity contribution < 1.29 is 9.13 Å². The minimum atomic E-state index is -0.395. The van der Waals surface area contributed by atoms with Crippen molar-refractivity contribution in [1.29, 1.82) is 0 Å². The molecule has 94 valence electrons. The fourth-order valence-electron chi connectivity index (χ4n) is 1.59. The first-order valence-electron chi connectivity index (χ1n) is 5.38. The summed E-state index contributed by atoms with van der Waals surface area (Å²) < 4.78 is 18.6. The summed E-state index contributed by atoms with van der Waals surface area (Å²) in [6, 6.07) is 9.70. The summed E-state index contributed by atoms with van der Waals surface area (Å²) in [6.45, 7) is 1.98. The molecule has 2 aromatic rings. The zero-order valence-corrected chi connectivity index (χ0v) is 11.2. The van der Waals surface area contributed by atoms with E-state index in [2.05, 4.69) is 0 Å². The predicted molar refractivity (Wildman–Crippen MR) is 72.2 cm³/mol. The van der Waals surface area contributed by atoms with E-state index in [1.807, 2.05) is 25.1 Å². The average Bonchev–Trinajstić information content (AvgIpc) is 2.34. The third-order valence-electron chi connectivity index (χ3n) is 2.47. The molecule has 1 nitrogen and oxygen atoms in total. The van der Waals surface area contributed by atoms with Gasteiger partial charge in [-0.05, 0) is 31.2 Å². The monoisotopic (exact) mass is 284 g/mol. The normalized spacial score (nSPS) is 10.4. The van der Waals surface area contributed by atoms with Gasteiger partial charge in [0.1, 0.15) is 17.3 Å². The highest BCUT2D eigenvalue weighted by Crippen LogP contribution is 2.32. The molecule has 0 saturated heterocycles. The maximum absolute atomic E-state index is 12.9. The average molecular weight is 285 g/mol. The van der Waals surface area contributed by atoms with E-state index in [0.29, 0.717) is 17.4 Å². The number of hydrogen-bond acceptors (Lipinski definition) is 1. The molecular formula is C14H11Cl2FO. The number of aryl methyl sites for hydroxylation is 1. The molecule has 4 heteroatoms. The molecule has 0 amide bonds. The van der Waals surface area contributed by atoms with Gasteiger partial charge < -0.3 is 4.74 Å². The number of rotatable bonds is 3. The van der Waals surface area contributed by atoms with E-state index in [4.69, 9.17) is 27.9 Å². The lowest BCUT2D eigenvalue weighted by Crippen LogP contribution is -1.91. The Kier molecular flexibility index (Phi) is 4.10. The van der Waals surface area contributed by atoms with Crippen LogP contribution in [0.2, 0.25) is 5.02 Å². The van der Waals surface area contributed by atoms with Crippen molar-refractivity contribution in [1.82, 2.24) is 0 Å². The fourth-order valence-corrected chi connectivity index (χ4v) is 2.00. The van der Waals surface area contributed by atoms with E-state index >= 15 is 0 Å². The van der Waals surface area contributed by atoms with Gasteiger partial charge in [-0.3, -0.25) is 0 Å². The Labute approximate surface area is 115 Å². The van der Waals surface area contributed by atoms with Crippen molar-refractivity contribution in [3.05, 3.63) is 58.4 Å². The van der Waals surface area contributed by atoms with Crippen LogP contribution >= 0.6 is 23.2 Å². The molecule has 0 bridgehead atoms. The van der Waals surface area contributed by atoms with Gasteiger partial charge in [0.2, 0.25) is 0 Å². The van der Waals surface area contributed by atoms with Gasteiger partial charge in [0.05, 0.1) is 10.9 Å². The number of hydrogen-bond donors (Lipinski definition) is 0. The van der Waals surface area contributed by atoms with Crippen molar-refractivity contribution in [2.75, 3.05) is 0 Å². The molecule has 0 spiro atoms. The van der Waals surface area contributed by atoms with Crippen LogP contribution in [0.4, 0.5) is 4.39 Å². The van der Waals surface area contributed by atoms with Gasteiger partial charge in [0.25, 0.3) is 0 Å². The van der Waals surface area contributed by atoms with Crippen molar-refractivity contribution in [2.24, 2.45) is 0 Å². The SMILES string of the molecule is Cc1ccc(Oc2ccc(F)cc2Cl)c(CCl)c1. The van der Waals surface area contributed by atoms with Crippen molar-refractivity contribution >= 4 is 23.2 Å². The third kappa shape index (κ3) is 2.95. The Morgan fingerprint density at radius 2 is 1.83 bits per heavy atom. The van der Waals surface area contributed by atoms with Crippen LogP contribution in [0, 0.1) is 12.7 Å². The van der Waals surface area contributed by atoms with E-state index in [-0.39, 0.29) is 5.02 Å². The quantitative estimate of drug-likeness (QED) is 0.693. The van der Waals surface area contributed by atoms with Gasteiger partial charge in [0.15, 0.2) is 0 Å². The Balaban J connectivity index is 2.33. The number of benzene rings is 2. The molecular weight excluding hydrogens is 274 g/mol. The Hall–Kier alpha value is -1.25. The summed E-state index contributed by atoms with van der Waals surface area (Å²) >= 11 is 11.8. The smallest absolute Gasteiger partial charge is 0.146 e. The Morgan fingerprint density at radius 1 is 1.11 bits per heavy atom. The molecule has 0 atom stereocenters. The van der Waals surface area contributed by atoms with Crippen molar-refractivity contribution in [2.45, 2.75) is 12.8 Å². The molecule has 0 aliphatic heterocycles. The van der Waals surface area contributed by atoms with Gasteiger partial charge in [-0.2, -0.15) is 0 Å². The van der Waals surface area contributed by atoms with Crippen LogP contribution in [0.3, 0.4) is 0 Å². The first-order chi connectivity index (χ1) is 8.60. The molecule has 0 heterocycles. The standard InChI is InChI=1S/C14H11Cl2FO/c1-9-2-4-13(10(6-9)8-15)18-14-5-3-11(17)7-12(14)16/h2-7H,8H2,1H3. The minimum Gasteiger partial charge on any atom is -0.455 e. The van der Waals surface area contributed by atoms with Crippen molar-refractivity contribution in [3.8, 4) is 11.5 Å². The molecule has 0 fully saturated rings. The molecule has 0 saturated carbocycles. The minimum absolute atomic E-state index is 0.232. The zero-order chi connectivity index (χ0) is 13.1. The highest BCUT2D eigenvalue weighted by Gasteiger charge is 2.08. The molecule has 0 aromatic heterocycles. The van der Waals surface area contributed by atoms with Gasteiger partial charge in [0, 0.05) is 5.56 Å². The van der Waals surface area contributed by atoms with Crippen LogP contribution in [-0.2, 0) is 5.88 Å². The molecule has 0 aliphatic rings. The maximum atomic E-state index is 12.9. The Bertz CT molecular complexity index is 570. The second-order valence-corrected chi connectivity index (χ2v) is 4.60. The lowest BCUT2D eigenvalue weighted by atomic mass is 10.1. The van der Waals surface area contributed by atoms with E-state index in [0.717, 1.165) is 11.1 Å². The first-order valence-corrected chi connectivity index (χ1v) is 6.30. The summed E-state index contributed by atoms with van der Waals surface area (Å²) in [5.74, 6) is 0.988. The lowest BCUT2D eigenvalue weighted by molar-refractivity contribution is 0.476. The van der Waals surface area contributed by atoms with E-state index in [9.17, 15) is 4.39 Å². The van der Waals surface area contributed by atoms with Crippen LogP contribution in [0.1, 0.15) is 11.1 Å². The molecule has 0 unspecified atom stereocenters. The van der Waals surface area contributed by atoms with Crippen LogP contribution in [0.15, 0.2) is 36.4 Å². The molecule has 0 aliphatic carbocycles. The second kappa shape index (κ2) is 5.59. The summed E-state index contributed by atoms with van der Waals surface area (Å²) in [4.78, 5) is 0. The number of ether oxygens (including phenoxy) is 1. The molecule has 2 rings (SSSR count). The molecule has 18 heavy (non-hydrogen) atoms. The predicted octanol–water partition coefficient (Wildman–Crippen LogP) is 5.32. The zero-order valence-electron chi connectivity index (χ0n) is 9.71. The van der Waals surface area contributed by atoms with Gasteiger partial charge in [-0.15, -0.1) is 11.6 Å². The van der Waals surface area contributed by atoms with Gasteiger partial charge in [-0.25, -0.2) is 4.39 Å². The Morgan fingerprint density at radius 3 is 2.50 bits per heavy atom. The van der Waals surface area contributed by atoms with Crippen LogP contribution in [-0.4, -0.2) is 0 Å². The van der Waals surface area contributed by atoms with Crippen LogP contribution in [0.5, 0.6) is 11.5 Å². The summed E-state index contributed by atoms with van der Waals surface area (Å²) in [5.41, 5.74) is 1.97. The van der Waals surface area contributed by atoms with Crippen molar-refractivity contribution in [3.63, 3.8) is 0 Å². The lowest BCUT2D eigenvalue weighted by Gasteiger charge is -2.11. The topological polar surface area (TPSA) is 9.23 Å². The van der Waals surface area contributed by atoms with Crippen LogP contribution in [0.25, 0.3) is 0 Å². The summed E-state index contributed by atoms with van der Waals surface area (Å²) in [7, 11) is 0. The second-order valence-electron chi connectivity index (χ2n) is 3.92. The fraction of sp³-hybridized carbons (Fsp3) is 0.143. The molecule has 0 radical (unpaired) electrons. The van der Waals surface area contributed by atoms with Gasteiger partial charge in [-0.1, -0.05) is 29.3 Å². The molecule has 0 N–H and O–H groups in total. The van der Waals surface area contributed by atoms with E-state index < -0.39 is 5.82 Å².